The quantitative estimate of drug-likeness (QED) is 0.648. The van der Waals surface area contributed by atoms with Gasteiger partial charge < -0.3 is 0 Å². The Morgan fingerprint density at radius 1 is 1.38 bits per heavy atom. The van der Waals surface area contributed by atoms with Crippen LogP contribution in [-0.2, 0) is 14.8 Å². The summed E-state index contributed by atoms with van der Waals surface area (Å²) in [4.78, 5) is 12.1. The molecule has 0 amide bonds. The molecule has 0 radical (unpaired) electrons. The fraction of sp³-hybridized carbons (Fsp3) is 0.727. The van der Waals surface area contributed by atoms with Crippen LogP contribution in [0.3, 0.4) is 0 Å². The lowest BCUT2D eigenvalue weighted by atomic mass is 9.88. The fourth-order valence-corrected chi connectivity index (χ4v) is 4.14. The van der Waals surface area contributed by atoms with Gasteiger partial charge in [-0.25, -0.2) is 8.42 Å². The molecule has 0 saturated carbocycles. The van der Waals surface area contributed by atoms with Crippen molar-refractivity contribution in [3.05, 3.63) is 12.2 Å². The van der Waals surface area contributed by atoms with Crippen LogP contribution < -0.4 is 0 Å². The van der Waals surface area contributed by atoms with Gasteiger partial charge in [-0.05, 0) is 25.7 Å². The molecule has 5 heteroatoms. The van der Waals surface area contributed by atoms with E-state index in [1.54, 1.807) is 0 Å². The van der Waals surface area contributed by atoms with E-state index in [1.807, 2.05) is 12.2 Å². The monoisotopic (exact) mass is 243 g/mol. The Balaban J connectivity index is 2.41. The van der Waals surface area contributed by atoms with Gasteiger partial charge in [-0.15, -0.1) is 0 Å². The second-order valence-electron chi connectivity index (χ2n) is 4.61. The van der Waals surface area contributed by atoms with Crippen molar-refractivity contribution in [2.45, 2.75) is 37.6 Å². The van der Waals surface area contributed by atoms with Gasteiger partial charge in [-0.1, -0.05) is 12.2 Å². The van der Waals surface area contributed by atoms with Crippen LogP contribution in [0.2, 0.25) is 0 Å². The number of rotatable bonds is 1. The molecule has 0 bridgehead atoms. The highest BCUT2D eigenvalue weighted by Gasteiger charge is 2.49. The maximum Gasteiger partial charge on any atom is 0.212 e. The van der Waals surface area contributed by atoms with Gasteiger partial charge in [0.25, 0.3) is 0 Å². The van der Waals surface area contributed by atoms with Crippen molar-refractivity contribution < 1.29 is 13.2 Å². The van der Waals surface area contributed by atoms with E-state index in [9.17, 15) is 13.2 Å². The highest BCUT2D eigenvalue weighted by molar-refractivity contribution is 7.88. The van der Waals surface area contributed by atoms with Gasteiger partial charge in [0, 0.05) is 13.0 Å². The summed E-state index contributed by atoms with van der Waals surface area (Å²) in [7, 11) is -3.28. The van der Waals surface area contributed by atoms with Crippen molar-refractivity contribution in [1.82, 2.24) is 4.31 Å². The van der Waals surface area contributed by atoms with Crippen molar-refractivity contribution >= 4 is 15.8 Å². The smallest absolute Gasteiger partial charge is 0.212 e. The van der Waals surface area contributed by atoms with Crippen LogP contribution in [0.25, 0.3) is 0 Å². The molecule has 1 aliphatic heterocycles. The van der Waals surface area contributed by atoms with Crippen molar-refractivity contribution in [2.75, 3.05) is 12.8 Å². The average molecular weight is 243 g/mol. The first-order valence-electron chi connectivity index (χ1n) is 5.63. The van der Waals surface area contributed by atoms with Crippen molar-refractivity contribution in [3.8, 4) is 0 Å². The third-order valence-corrected chi connectivity index (χ3v) is 4.84. The summed E-state index contributed by atoms with van der Waals surface area (Å²) in [5.74, 6) is 0.0837. The van der Waals surface area contributed by atoms with E-state index >= 15 is 0 Å². The van der Waals surface area contributed by atoms with Gasteiger partial charge >= 0.3 is 0 Å². The third-order valence-electron chi connectivity index (χ3n) is 3.51. The minimum absolute atomic E-state index is 0.0837. The number of ketones is 1. The molecular formula is C11H17NO3S. The summed E-state index contributed by atoms with van der Waals surface area (Å²) in [6.45, 7) is 0.485. The Bertz CT molecular complexity index is 427. The molecule has 1 heterocycles. The molecule has 4 nitrogen and oxygen atoms in total. The zero-order chi connectivity index (χ0) is 11.8. The van der Waals surface area contributed by atoms with Crippen molar-refractivity contribution in [2.24, 2.45) is 0 Å². The number of carbonyl (C=O) groups excluding carboxylic acids is 1. The lowest BCUT2D eigenvalue weighted by Crippen LogP contribution is -2.52. The molecule has 0 aromatic carbocycles. The zero-order valence-corrected chi connectivity index (χ0v) is 10.3. The summed E-state index contributed by atoms with van der Waals surface area (Å²) >= 11 is 0. The van der Waals surface area contributed by atoms with Crippen LogP contribution in [-0.4, -0.2) is 36.8 Å². The molecule has 1 fully saturated rings. The van der Waals surface area contributed by atoms with E-state index in [0.717, 1.165) is 12.8 Å². The molecule has 0 N–H and O–H groups in total. The van der Waals surface area contributed by atoms with Crippen LogP contribution in [0.1, 0.15) is 32.1 Å². The highest BCUT2D eigenvalue weighted by Crippen LogP contribution is 2.38. The average Bonchev–Trinajstić information content (AvgIpc) is 2.53. The fourth-order valence-electron chi connectivity index (χ4n) is 2.78. The number of nitrogens with zero attached hydrogens (tertiary/aromatic N) is 1. The first kappa shape index (κ1) is 11.8. The molecule has 1 unspecified atom stereocenters. The largest absolute Gasteiger partial charge is 0.298 e. The van der Waals surface area contributed by atoms with E-state index in [0.29, 0.717) is 25.8 Å². The summed E-state index contributed by atoms with van der Waals surface area (Å²) in [5.41, 5.74) is -0.763. The van der Waals surface area contributed by atoms with Crippen molar-refractivity contribution in [3.63, 3.8) is 0 Å². The number of carbonyl (C=O) groups is 1. The van der Waals surface area contributed by atoms with Crippen LogP contribution in [0.15, 0.2) is 12.2 Å². The van der Waals surface area contributed by atoms with Gasteiger partial charge in [0.15, 0.2) is 5.78 Å². The van der Waals surface area contributed by atoms with Crippen LogP contribution >= 0.6 is 0 Å². The molecule has 1 aliphatic carbocycles. The first-order valence-corrected chi connectivity index (χ1v) is 7.48. The summed E-state index contributed by atoms with van der Waals surface area (Å²) in [5, 5.41) is 0. The molecule has 0 aromatic rings. The van der Waals surface area contributed by atoms with E-state index in [-0.39, 0.29) is 5.78 Å². The number of Topliss-reactive ketones (excluding diaryl/α,β-unsaturated/α-hetero) is 1. The number of hydrogen-bond donors (Lipinski definition) is 0. The van der Waals surface area contributed by atoms with E-state index in [2.05, 4.69) is 0 Å². The second-order valence-corrected chi connectivity index (χ2v) is 6.51. The Morgan fingerprint density at radius 3 is 2.81 bits per heavy atom. The predicted molar refractivity (Wildman–Crippen MR) is 61.5 cm³/mol. The van der Waals surface area contributed by atoms with E-state index in [4.69, 9.17) is 0 Å². The second kappa shape index (κ2) is 3.96. The summed E-state index contributed by atoms with van der Waals surface area (Å²) in [6.07, 6.45) is 8.32. The van der Waals surface area contributed by atoms with Crippen molar-refractivity contribution in [1.29, 1.82) is 0 Å². The standard InChI is InChI=1S/C11H17NO3S/c1-16(14,15)12-9-5-8-11(12)7-4-2-3-6-10(11)13/h2,4H,3,5-9H2,1H3. The maximum absolute atomic E-state index is 12.1. The molecule has 0 aromatic heterocycles. The Kier molecular flexibility index (Phi) is 2.92. The minimum Gasteiger partial charge on any atom is -0.298 e. The number of sulfonamides is 1. The predicted octanol–water partition coefficient (Wildman–Crippen LogP) is 1.09. The van der Waals surface area contributed by atoms with Crippen LogP contribution in [0.4, 0.5) is 0 Å². The molecule has 16 heavy (non-hydrogen) atoms. The van der Waals surface area contributed by atoms with Crippen LogP contribution in [0, 0.1) is 0 Å². The third kappa shape index (κ3) is 1.82. The molecule has 1 saturated heterocycles. The van der Waals surface area contributed by atoms with Crippen LogP contribution in [0.5, 0.6) is 0 Å². The molecule has 90 valence electrons. The topological polar surface area (TPSA) is 54.5 Å². The zero-order valence-electron chi connectivity index (χ0n) is 9.48. The normalized spacial score (nSPS) is 32.2. The van der Waals surface area contributed by atoms with Gasteiger partial charge in [-0.3, -0.25) is 4.79 Å². The Morgan fingerprint density at radius 2 is 2.12 bits per heavy atom. The van der Waals surface area contributed by atoms with E-state index < -0.39 is 15.6 Å². The molecule has 2 rings (SSSR count). The Hall–Kier alpha value is -0.680. The highest BCUT2D eigenvalue weighted by atomic mass is 32.2. The molecule has 1 spiro atoms. The van der Waals surface area contributed by atoms with Gasteiger partial charge in [-0.2, -0.15) is 4.31 Å². The minimum atomic E-state index is -3.28. The number of allylic oxidation sites excluding steroid dienone is 1. The molecular weight excluding hydrogens is 226 g/mol. The van der Waals surface area contributed by atoms with Gasteiger partial charge in [0.2, 0.25) is 10.0 Å². The summed E-state index contributed by atoms with van der Waals surface area (Å²) in [6, 6.07) is 0. The Labute approximate surface area is 96.4 Å². The molecule has 1 atom stereocenters. The maximum atomic E-state index is 12.1. The van der Waals surface area contributed by atoms with Gasteiger partial charge in [0.1, 0.15) is 0 Å². The number of hydrogen-bond acceptors (Lipinski definition) is 3. The summed E-state index contributed by atoms with van der Waals surface area (Å²) < 4.78 is 24.8. The lowest BCUT2D eigenvalue weighted by Gasteiger charge is -2.34. The first-order chi connectivity index (χ1) is 7.47. The SMILES string of the molecule is CS(=O)(=O)N1CCCC12CC=CCCC2=O. The van der Waals surface area contributed by atoms with E-state index in [1.165, 1.54) is 10.6 Å². The molecule has 2 aliphatic rings. The lowest BCUT2D eigenvalue weighted by molar-refractivity contribution is -0.127. The van der Waals surface area contributed by atoms with Gasteiger partial charge in [0.05, 0.1) is 11.8 Å².